The van der Waals surface area contributed by atoms with Crippen LogP contribution in [0.2, 0.25) is 51.4 Å². The molecule has 0 radical (unpaired) electrons. The topological polar surface area (TPSA) is 326 Å². The first-order valence-corrected chi connectivity index (χ1v) is 55.3. The fourth-order valence-electron chi connectivity index (χ4n) is 17.3. The van der Waals surface area contributed by atoms with Crippen LogP contribution >= 0.6 is 45.2 Å². The van der Waals surface area contributed by atoms with Crippen molar-refractivity contribution in [2.75, 3.05) is 20.3 Å². The molecule has 0 amide bonds. The molecule has 8 aromatic carbocycles. The molecule has 25 nitrogen and oxygen atoms in total. The third-order valence-corrected chi connectivity index (χ3v) is 29.4. The molecule has 0 spiro atoms. The number of H-pyrrole nitrogens is 4. The standard InChI is InChI=1S/C29H33N5OSi.C23H19N5.C20H27IN4OSi.C16H13IN2O2.C9H8BNO2.C6H8O2/c1-36(2,3)15-14-35-19-34-27-13-12-20(24-18-30-17-21-8-4-5-9-22(21)24)16-23(27)28(33-34)29-31-25-10-6-7-11-26(25)32-29;1-2-6-16-15(5-1)12-24-13-18(16)14-9-10-19-17(11-14)22(28-27-19)23-25-20-7-3-4-8-21(20)26-23;1-27(2,3)11-10-26-13-25-18-9-8-14(21)12-15(18)19(24-25)20-22-16-6-4-5-7-17(16)23-20;1-21-13-5-2-11(3-6-13)9-19-16-7-4-12(17)8-14(16)15(10-20)18-19;12-10(13)9-6-11-5-7-3-1-2-4-8(7)9;7-5-3-1-2-4-6(5)8/h4-5,8-9,12-13,16-18H,6-7,10-11,14-15,19H2,1-3H3,(H,31,32);1-2,5-6,9-13H,3-4,7-8H2,(H,25,26)(H,27,28);8-9,12H,4-7,10-11,13H2,1-3H3,(H,22,23);2-8,10H,9H2,1H3;1-6,12-13H;1-4H2. The van der Waals surface area contributed by atoms with E-state index in [1.165, 1.54) is 99.3 Å². The number of rotatable bonds is 20. The number of aromatic nitrogens is 17. The summed E-state index contributed by atoms with van der Waals surface area (Å²) in [5, 5.41) is 50.7. The van der Waals surface area contributed by atoms with Crippen molar-refractivity contribution in [2.45, 2.75) is 174 Å². The van der Waals surface area contributed by atoms with E-state index < -0.39 is 23.3 Å². The number of benzene rings is 8. The van der Waals surface area contributed by atoms with E-state index in [0.29, 0.717) is 44.0 Å². The average Bonchev–Trinajstić information content (AvgIpc) is 1.62. The summed E-state index contributed by atoms with van der Waals surface area (Å²) in [7, 11) is -2.04. The van der Waals surface area contributed by atoms with E-state index >= 15 is 0 Å². The first-order chi connectivity index (χ1) is 64.5. The average molecular weight is 2030 g/mol. The van der Waals surface area contributed by atoms with Crippen molar-refractivity contribution in [2.24, 2.45) is 0 Å². The number of imidazole rings is 3. The summed E-state index contributed by atoms with van der Waals surface area (Å²) in [6, 6.07) is 59.8. The zero-order valence-electron chi connectivity index (χ0n) is 76.0. The molecule has 10 aromatic heterocycles. The van der Waals surface area contributed by atoms with Gasteiger partial charge >= 0.3 is 7.12 Å². The number of carbonyl (C=O) groups excluding carboxylic acids is 3. The number of aromatic amines is 4. The third kappa shape index (κ3) is 22.3. The summed E-state index contributed by atoms with van der Waals surface area (Å²) in [4.78, 5) is 70.3. The van der Waals surface area contributed by atoms with Gasteiger partial charge in [-0.3, -0.25) is 39.1 Å². The second-order valence-corrected chi connectivity index (χ2v) is 50.4. The molecule has 0 atom stereocenters. The Labute approximate surface area is 801 Å². The van der Waals surface area contributed by atoms with Gasteiger partial charge in [0.25, 0.3) is 0 Å². The van der Waals surface area contributed by atoms with Crippen LogP contribution in [0.5, 0.6) is 5.75 Å². The van der Waals surface area contributed by atoms with Crippen LogP contribution in [-0.2, 0) is 77.6 Å². The van der Waals surface area contributed by atoms with E-state index in [4.69, 9.17) is 49.4 Å². The Morgan fingerprint density at radius 1 is 0.444 bits per heavy atom. The van der Waals surface area contributed by atoms with Crippen LogP contribution in [0.3, 0.4) is 0 Å². The molecule has 1 fully saturated rings. The maximum atomic E-state index is 11.2. The number of methoxy groups -OCH3 is 1. The molecule has 0 unspecified atom stereocenters. The van der Waals surface area contributed by atoms with Crippen LogP contribution in [0.1, 0.15) is 114 Å². The predicted molar refractivity (Wildman–Crippen MR) is 551 cm³/mol. The monoisotopic (exact) mass is 2030 g/mol. The van der Waals surface area contributed by atoms with E-state index in [-0.39, 0.29) is 11.6 Å². The number of hydrogen-bond donors (Lipinski definition) is 6. The number of nitrogens with one attached hydrogen (secondary N) is 4. The molecule has 6 N–H and O–H groups in total. The SMILES string of the molecule is COc1ccc(Cn2nc(C=O)c3cc(I)ccc32)cc1.C[Si](C)(C)CCOCn1nc(-c2nc3c([nH]2)CCCC3)c2cc(-c3cncc4ccccc34)ccc21.C[Si](C)(C)CCOCn1nc(-c2nc3c([nH]2)CCCC3)c2cc(I)ccc21.O=C1CCCCC1=O.OB(O)c1cncc2ccccc12.c1ccc2c(-c3ccc4[nH]nc(-c5nc6c([nH]5)CCCC6)c4c3)cncc2c1. The Morgan fingerprint density at radius 3 is 1.35 bits per heavy atom. The molecule has 18 aromatic rings. The van der Waals surface area contributed by atoms with Crippen molar-refractivity contribution in [3.8, 4) is 62.6 Å². The lowest BCUT2D eigenvalue weighted by Crippen LogP contribution is -2.30. The van der Waals surface area contributed by atoms with Crippen LogP contribution in [0, 0.1) is 7.14 Å². The van der Waals surface area contributed by atoms with E-state index in [2.05, 4.69) is 227 Å². The molecular weight excluding hydrogens is 1920 g/mol. The fraction of sp³-hybridized carbons (Fsp3) is 0.291. The zero-order valence-corrected chi connectivity index (χ0v) is 82.3. The van der Waals surface area contributed by atoms with Gasteiger partial charge < -0.3 is 39.2 Å². The Hall–Kier alpha value is -11.9. The molecule has 4 aliphatic rings. The van der Waals surface area contributed by atoms with E-state index in [1.807, 2.05) is 112 Å². The van der Waals surface area contributed by atoms with Gasteiger partial charge in [0.15, 0.2) is 35.3 Å². The number of Topliss-reactive ketones (excluding diaryl/α,β-unsaturated/α-hetero) is 2. The number of pyridine rings is 3. The molecule has 22 rings (SSSR count). The van der Waals surface area contributed by atoms with Gasteiger partial charge in [0.05, 0.1) is 52.8 Å². The number of ether oxygens (including phenoxy) is 3. The molecule has 0 bridgehead atoms. The maximum Gasteiger partial charge on any atom is 0.490 e. The quantitative estimate of drug-likeness (QED) is 0.0136. The summed E-state index contributed by atoms with van der Waals surface area (Å²) >= 11 is 4.59. The van der Waals surface area contributed by atoms with Gasteiger partial charge in [-0.2, -0.15) is 20.4 Å². The number of hydrogen-bond acceptors (Lipinski definition) is 18. The zero-order chi connectivity index (χ0) is 92.3. The van der Waals surface area contributed by atoms with Crippen LogP contribution in [0.25, 0.3) is 133 Å². The van der Waals surface area contributed by atoms with Gasteiger partial charge in [0.1, 0.15) is 42.0 Å². The lowest BCUT2D eigenvalue weighted by atomic mass is 9.78. The van der Waals surface area contributed by atoms with Crippen LogP contribution in [0.15, 0.2) is 207 Å². The smallest absolute Gasteiger partial charge is 0.490 e. The summed E-state index contributed by atoms with van der Waals surface area (Å²) in [5.74, 6) is 3.11. The van der Waals surface area contributed by atoms with Gasteiger partial charge in [-0.05, 0) is 258 Å². The second-order valence-electron chi connectivity index (χ2n) is 36.6. The van der Waals surface area contributed by atoms with Gasteiger partial charge in [0.2, 0.25) is 0 Å². The van der Waals surface area contributed by atoms with Gasteiger partial charge in [-0.1, -0.05) is 136 Å². The molecular formula is C103H108BI2N17O8Si2. The number of aryl methyl sites for hydroxylation is 6. The van der Waals surface area contributed by atoms with E-state index in [1.54, 1.807) is 13.3 Å². The predicted octanol–water partition coefficient (Wildman–Crippen LogP) is 21.2. The fourth-order valence-corrected chi connectivity index (χ4v) is 19.8. The Morgan fingerprint density at radius 2 is 0.872 bits per heavy atom. The second kappa shape index (κ2) is 42.1. The van der Waals surface area contributed by atoms with Gasteiger partial charge in [-0.25, -0.2) is 24.3 Å². The minimum atomic E-state index is -1.46. The molecule has 30 heteroatoms. The molecule has 0 aliphatic heterocycles. The van der Waals surface area contributed by atoms with Crippen LogP contribution in [0.4, 0.5) is 0 Å². The van der Waals surface area contributed by atoms with Crippen molar-refractivity contribution in [1.82, 2.24) is 84.4 Å². The van der Waals surface area contributed by atoms with Gasteiger partial charge in [-0.15, -0.1) is 0 Å². The van der Waals surface area contributed by atoms with E-state index in [9.17, 15) is 14.4 Å². The van der Waals surface area contributed by atoms with E-state index in [0.717, 1.165) is 214 Å². The highest BCUT2D eigenvalue weighted by atomic mass is 127. The lowest BCUT2D eigenvalue weighted by Gasteiger charge is -2.15. The number of aldehydes is 1. The molecule has 1 saturated carbocycles. The van der Waals surface area contributed by atoms with Crippen LogP contribution in [-0.4, -0.2) is 156 Å². The number of fused-ring (bicyclic) bond motifs is 10. The molecule has 0 saturated heterocycles. The van der Waals surface area contributed by atoms with Gasteiger partial charge in [0, 0.05) is 153 Å². The first-order valence-electron chi connectivity index (χ1n) is 45.7. The lowest BCUT2D eigenvalue weighted by molar-refractivity contribution is -0.137. The largest absolute Gasteiger partial charge is 0.497 e. The van der Waals surface area contributed by atoms with Crippen LogP contribution < -0.4 is 10.2 Å². The van der Waals surface area contributed by atoms with Crippen molar-refractivity contribution < 1.29 is 38.6 Å². The Balaban J connectivity index is 0.000000116. The third-order valence-electron chi connectivity index (χ3n) is 24.6. The number of halogens is 2. The van der Waals surface area contributed by atoms with Crippen molar-refractivity contribution >= 4 is 168 Å². The summed E-state index contributed by atoms with van der Waals surface area (Å²) in [6.45, 7) is 17.4. The minimum absolute atomic E-state index is 0.170. The highest BCUT2D eigenvalue weighted by Gasteiger charge is 2.27. The normalized spacial score (nSPS) is 13.7. The maximum absolute atomic E-state index is 11.2. The Kier molecular flexibility index (Phi) is 29.4. The highest BCUT2D eigenvalue weighted by molar-refractivity contribution is 14.1. The molecule has 10 heterocycles. The number of ketones is 2. The first kappa shape index (κ1) is 92.9. The molecule has 133 heavy (non-hydrogen) atoms. The van der Waals surface area contributed by atoms with Crippen molar-refractivity contribution in [3.63, 3.8) is 0 Å². The van der Waals surface area contributed by atoms with Crippen molar-refractivity contribution in [1.29, 1.82) is 0 Å². The molecule has 678 valence electrons. The Bertz CT molecular complexity index is 7130. The van der Waals surface area contributed by atoms with Crippen molar-refractivity contribution in [3.05, 3.63) is 260 Å². The highest BCUT2D eigenvalue weighted by Crippen LogP contribution is 2.39. The number of carbonyl (C=O) groups is 3. The minimum Gasteiger partial charge on any atom is -0.497 e. The summed E-state index contributed by atoms with van der Waals surface area (Å²) in [6.07, 6.45) is 28.2. The summed E-state index contributed by atoms with van der Waals surface area (Å²) < 4.78 is 25.3. The summed E-state index contributed by atoms with van der Waals surface area (Å²) in [5.41, 5.74) is 20.8. The molecule has 4 aliphatic carbocycles. The number of nitrogens with zero attached hydrogens (tertiary/aromatic N) is 13.